The largest absolute Gasteiger partial charge is 0.489 e. The van der Waals surface area contributed by atoms with Gasteiger partial charge in [0.15, 0.2) is 11.5 Å². The van der Waals surface area contributed by atoms with Crippen LogP contribution in [-0.4, -0.2) is 19.2 Å². The fourth-order valence-corrected chi connectivity index (χ4v) is 2.09. The van der Waals surface area contributed by atoms with Crippen LogP contribution in [0.5, 0.6) is 17.2 Å². The van der Waals surface area contributed by atoms with E-state index in [4.69, 9.17) is 9.47 Å². The summed E-state index contributed by atoms with van der Waals surface area (Å²) in [5, 5.41) is 0. The van der Waals surface area contributed by atoms with Crippen LogP contribution in [0, 0.1) is 5.92 Å². The molecule has 0 atom stereocenters. The van der Waals surface area contributed by atoms with E-state index in [1.54, 1.807) is 30.3 Å². The monoisotopic (exact) mass is 334 g/mol. The second-order valence-corrected chi connectivity index (χ2v) is 5.50. The van der Waals surface area contributed by atoms with Gasteiger partial charge in [-0.2, -0.15) is 8.78 Å². The van der Waals surface area contributed by atoms with Crippen molar-refractivity contribution in [2.45, 2.75) is 19.5 Å². The molecule has 1 saturated carbocycles. The highest BCUT2D eigenvalue weighted by molar-refractivity contribution is 5.91. The molecule has 0 aromatic heterocycles. The van der Waals surface area contributed by atoms with E-state index >= 15 is 0 Å². The summed E-state index contributed by atoms with van der Waals surface area (Å²) in [6, 6.07) is 12.6. The quantitative estimate of drug-likeness (QED) is 0.559. The van der Waals surface area contributed by atoms with Crippen molar-refractivity contribution in [3.05, 3.63) is 54.1 Å². The molecular formula is C18H16F2O4. The first kappa shape index (κ1) is 16.2. The summed E-state index contributed by atoms with van der Waals surface area (Å²) in [7, 11) is 0. The Bertz CT molecular complexity index is 699. The molecule has 0 radical (unpaired) electrons. The number of ether oxygens (including phenoxy) is 3. The SMILES string of the molecule is O=C(Oc1ccccc1)c1ccc(OC(F)F)c(OCC2CC2)c1. The summed E-state index contributed by atoms with van der Waals surface area (Å²) >= 11 is 0. The minimum atomic E-state index is -2.96. The number of alkyl halides is 2. The van der Waals surface area contributed by atoms with Crippen LogP contribution in [0.15, 0.2) is 48.5 Å². The highest BCUT2D eigenvalue weighted by atomic mass is 19.3. The van der Waals surface area contributed by atoms with E-state index in [-0.39, 0.29) is 17.1 Å². The Morgan fingerprint density at radius 2 is 1.83 bits per heavy atom. The smallest absolute Gasteiger partial charge is 0.387 e. The lowest BCUT2D eigenvalue weighted by Crippen LogP contribution is -2.11. The predicted molar refractivity (Wildman–Crippen MR) is 82.7 cm³/mol. The van der Waals surface area contributed by atoms with E-state index in [0.717, 1.165) is 12.8 Å². The molecule has 1 aliphatic rings. The molecule has 1 aliphatic carbocycles. The fraction of sp³-hybridized carbons (Fsp3) is 0.278. The van der Waals surface area contributed by atoms with E-state index in [9.17, 15) is 13.6 Å². The van der Waals surface area contributed by atoms with E-state index in [1.807, 2.05) is 0 Å². The van der Waals surface area contributed by atoms with Crippen LogP contribution in [0.25, 0.3) is 0 Å². The Labute approximate surface area is 138 Å². The molecule has 1 fully saturated rings. The van der Waals surface area contributed by atoms with Crippen LogP contribution in [0.2, 0.25) is 0 Å². The molecule has 0 heterocycles. The van der Waals surface area contributed by atoms with Crippen molar-refractivity contribution in [2.24, 2.45) is 5.92 Å². The maximum absolute atomic E-state index is 12.5. The third-order valence-corrected chi connectivity index (χ3v) is 3.52. The maximum atomic E-state index is 12.5. The molecule has 6 heteroatoms. The molecule has 4 nitrogen and oxygen atoms in total. The first-order chi connectivity index (χ1) is 11.6. The summed E-state index contributed by atoms with van der Waals surface area (Å²) < 4.78 is 40.2. The third-order valence-electron chi connectivity index (χ3n) is 3.52. The standard InChI is InChI=1S/C18H16F2O4/c19-18(20)24-15-9-8-13(10-16(15)22-11-12-6-7-12)17(21)23-14-4-2-1-3-5-14/h1-5,8-10,12,18H,6-7,11H2. The van der Waals surface area contributed by atoms with E-state index in [2.05, 4.69) is 4.74 Å². The molecule has 2 aromatic rings. The van der Waals surface area contributed by atoms with Crippen molar-refractivity contribution in [3.8, 4) is 17.2 Å². The first-order valence-electron chi connectivity index (χ1n) is 7.60. The van der Waals surface area contributed by atoms with Crippen molar-refractivity contribution >= 4 is 5.97 Å². The Kier molecular flexibility index (Phi) is 4.93. The average Bonchev–Trinajstić information content (AvgIpc) is 3.38. The molecule has 0 aliphatic heterocycles. The second-order valence-electron chi connectivity index (χ2n) is 5.50. The number of carbonyl (C=O) groups excluding carboxylic acids is 1. The molecule has 0 amide bonds. The van der Waals surface area contributed by atoms with Gasteiger partial charge in [0, 0.05) is 0 Å². The zero-order valence-electron chi connectivity index (χ0n) is 12.8. The minimum Gasteiger partial charge on any atom is -0.489 e. The normalized spacial score (nSPS) is 13.6. The molecule has 3 rings (SSSR count). The van der Waals surface area contributed by atoms with Crippen LogP contribution in [-0.2, 0) is 0 Å². The number of carbonyl (C=O) groups is 1. The molecule has 24 heavy (non-hydrogen) atoms. The summed E-state index contributed by atoms with van der Waals surface area (Å²) in [6.45, 7) is -2.55. The maximum Gasteiger partial charge on any atom is 0.387 e. The lowest BCUT2D eigenvalue weighted by Gasteiger charge is -2.13. The molecule has 2 aromatic carbocycles. The van der Waals surface area contributed by atoms with E-state index < -0.39 is 12.6 Å². The van der Waals surface area contributed by atoms with Crippen molar-refractivity contribution in [2.75, 3.05) is 6.61 Å². The Morgan fingerprint density at radius 1 is 1.08 bits per heavy atom. The summed E-state index contributed by atoms with van der Waals surface area (Å²) in [6.07, 6.45) is 2.11. The van der Waals surface area contributed by atoms with Gasteiger partial charge in [0.05, 0.1) is 12.2 Å². The molecule has 0 saturated heterocycles. The van der Waals surface area contributed by atoms with Gasteiger partial charge in [-0.1, -0.05) is 18.2 Å². The van der Waals surface area contributed by atoms with Gasteiger partial charge in [0.1, 0.15) is 5.75 Å². The Balaban J connectivity index is 1.76. The number of halogens is 2. The molecular weight excluding hydrogens is 318 g/mol. The number of benzene rings is 2. The average molecular weight is 334 g/mol. The van der Waals surface area contributed by atoms with Crippen molar-refractivity contribution in [1.29, 1.82) is 0 Å². The van der Waals surface area contributed by atoms with Crippen LogP contribution < -0.4 is 14.2 Å². The van der Waals surface area contributed by atoms with Gasteiger partial charge < -0.3 is 14.2 Å². The van der Waals surface area contributed by atoms with Gasteiger partial charge in [0.25, 0.3) is 0 Å². The van der Waals surface area contributed by atoms with E-state index in [1.165, 1.54) is 18.2 Å². The van der Waals surface area contributed by atoms with Gasteiger partial charge in [-0.25, -0.2) is 4.79 Å². The lowest BCUT2D eigenvalue weighted by atomic mass is 10.2. The van der Waals surface area contributed by atoms with Crippen molar-refractivity contribution < 1.29 is 27.8 Å². The van der Waals surface area contributed by atoms with E-state index in [0.29, 0.717) is 18.3 Å². The molecule has 0 bridgehead atoms. The highest BCUT2D eigenvalue weighted by Crippen LogP contribution is 2.34. The minimum absolute atomic E-state index is 0.0955. The number of esters is 1. The highest BCUT2D eigenvalue weighted by Gasteiger charge is 2.23. The lowest BCUT2D eigenvalue weighted by molar-refractivity contribution is -0.0515. The predicted octanol–water partition coefficient (Wildman–Crippen LogP) is 4.30. The van der Waals surface area contributed by atoms with Gasteiger partial charge in [0.2, 0.25) is 0 Å². The van der Waals surface area contributed by atoms with Gasteiger partial charge >= 0.3 is 12.6 Å². The number of hydrogen-bond acceptors (Lipinski definition) is 4. The van der Waals surface area contributed by atoms with Crippen molar-refractivity contribution in [3.63, 3.8) is 0 Å². The Hall–Kier alpha value is -2.63. The molecule has 0 unspecified atom stereocenters. The van der Waals surface area contributed by atoms with Crippen molar-refractivity contribution in [1.82, 2.24) is 0 Å². The fourth-order valence-electron chi connectivity index (χ4n) is 2.09. The summed E-state index contributed by atoms with van der Waals surface area (Å²) in [4.78, 5) is 12.2. The van der Waals surface area contributed by atoms with Crippen LogP contribution in [0.4, 0.5) is 8.78 Å². The van der Waals surface area contributed by atoms with Crippen LogP contribution >= 0.6 is 0 Å². The molecule has 0 spiro atoms. The van der Waals surface area contributed by atoms with Gasteiger partial charge in [-0.3, -0.25) is 0 Å². The second kappa shape index (κ2) is 7.29. The zero-order chi connectivity index (χ0) is 16.9. The van der Waals surface area contributed by atoms with Gasteiger partial charge in [-0.15, -0.1) is 0 Å². The third kappa shape index (κ3) is 4.44. The zero-order valence-corrected chi connectivity index (χ0v) is 12.8. The summed E-state index contributed by atoms with van der Waals surface area (Å²) in [5.74, 6) is 0.257. The number of rotatable bonds is 7. The Morgan fingerprint density at radius 3 is 2.50 bits per heavy atom. The summed E-state index contributed by atoms with van der Waals surface area (Å²) in [5.41, 5.74) is 0.200. The van der Waals surface area contributed by atoms with Crippen LogP contribution in [0.1, 0.15) is 23.2 Å². The number of para-hydroxylation sites is 1. The number of hydrogen-bond donors (Lipinski definition) is 0. The molecule has 126 valence electrons. The first-order valence-corrected chi connectivity index (χ1v) is 7.60. The topological polar surface area (TPSA) is 44.8 Å². The van der Waals surface area contributed by atoms with Crippen LogP contribution in [0.3, 0.4) is 0 Å². The molecule has 0 N–H and O–H groups in total. The van der Waals surface area contributed by atoms with Gasteiger partial charge in [-0.05, 0) is 49.1 Å².